The Kier molecular flexibility index (Phi) is 4.76. The van der Waals surface area contributed by atoms with Crippen molar-refractivity contribution in [1.29, 1.82) is 0 Å². The van der Waals surface area contributed by atoms with Crippen molar-refractivity contribution in [2.75, 3.05) is 11.4 Å². The van der Waals surface area contributed by atoms with Crippen LogP contribution in [0.2, 0.25) is 5.02 Å². The summed E-state index contributed by atoms with van der Waals surface area (Å²) in [6.07, 6.45) is -3.74. The molecule has 2 aliphatic rings. The summed E-state index contributed by atoms with van der Waals surface area (Å²) < 4.78 is 38.5. The van der Waals surface area contributed by atoms with Crippen molar-refractivity contribution in [1.82, 2.24) is 5.32 Å². The number of rotatable bonds is 1. The molecule has 2 heterocycles. The number of alkyl halides is 3. The lowest BCUT2D eigenvalue weighted by Gasteiger charge is -2.43. The van der Waals surface area contributed by atoms with Gasteiger partial charge in [0.2, 0.25) is 0 Å². The molecule has 27 heavy (non-hydrogen) atoms. The van der Waals surface area contributed by atoms with Gasteiger partial charge in [0.1, 0.15) is 0 Å². The lowest BCUT2D eigenvalue weighted by atomic mass is 9.89. The Balaban J connectivity index is 1.81. The molecule has 0 aromatic heterocycles. The Labute approximate surface area is 163 Å². The van der Waals surface area contributed by atoms with Crippen molar-refractivity contribution < 1.29 is 18.0 Å². The largest absolute Gasteiger partial charge is 0.471 e. The number of carbonyl (C=O) groups is 1. The predicted octanol–water partition coefficient (Wildman–Crippen LogP) is 5.19. The quantitative estimate of drug-likeness (QED) is 0.699. The number of nitrogens with one attached hydrogen (secondary N) is 1. The lowest BCUT2D eigenvalue weighted by Crippen LogP contribution is -2.53. The summed E-state index contributed by atoms with van der Waals surface area (Å²) in [5, 5.41) is 2.79. The molecule has 1 saturated heterocycles. The van der Waals surface area contributed by atoms with E-state index in [4.69, 9.17) is 11.6 Å². The van der Waals surface area contributed by atoms with Crippen LogP contribution in [0.1, 0.15) is 24.4 Å². The molecule has 8 heteroatoms. The van der Waals surface area contributed by atoms with Gasteiger partial charge >= 0.3 is 12.1 Å². The van der Waals surface area contributed by atoms with Crippen LogP contribution in [0.3, 0.4) is 0 Å². The number of piperidine rings is 1. The number of hydrogen-bond donors (Lipinski definition) is 1. The average molecular weight is 413 g/mol. The zero-order chi connectivity index (χ0) is 19.2. The number of benzene rings is 2. The number of nitrogens with zero attached hydrogens (tertiary/aromatic N) is 1. The second-order valence-electron chi connectivity index (χ2n) is 6.61. The third-order valence-electron chi connectivity index (χ3n) is 4.89. The maximum Gasteiger partial charge on any atom is 0.471 e. The van der Waals surface area contributed by atoms with Crippen LogP contribution in [0.4, 0.5) is 18.9 Å². The normalized spacial score (nSPS) is 21.6. The number of amides is 1. The SMILES string of the molecule is O=C(N[C@@H]1CCCN2c3cc(Cl)ccc3Sc3ccccc3[C@H]12)C(F)(F)F. The van der Waals surface area contributed by atoms with Crippen molar-refractivity contribution in [3.05, 3.63) is 53.1 Å². The number of halogens is 4. The Morgan fingerprint density at radius 2 is 1.96 bits per heavy atom. The van der Waals surface area contributed by atoms with Crippen molar-refractivity contribution in [2.45, 2.75) is 40.9 Å². The second kappa shape index (κ2) is 6.95. The van der Waals surface area contributed by atoms with Gasteiger partial charge in [0.15, 0.2) is 0 Å². The molecule has 2 aromatic carbocycles. The standard InChI is InChI=1S/C19H16ClF3N2OS/c20-11-7-8-16-14(10-11)25-9-3-5-13(24-18(26)19(21,22)23)17(25)12-4-1-2-6-15(12)27-16/h1-2,4,6-8,10,13,17H,3,5,9H2,(H,24,26)/t13-,17-/m1/s1. The van der Waals surface area contributed by atoms with E-state index in [0.717, 1.165) is 21.0 Å². The van der Waals surface area contributed by atoms with Gasteiger partial charge in [-0.05, 0) is 42.7 Å². The van der Waals surface area contributed by atoms with E-state index in [-0.39, 0.29) is 6.04 Å². The molecule has 0 aliphatic carbocycles. The van der Waals surface area contributed by atoms with Gasteiger partial charge in [-0.25, -0.2) is 0 Å². The third-order valence-corrected chi connectivity index (χ3v) is 6.28. The fourth-order valence-corrected chi connectivity index (χ4v) is 5.06. The van der Waals surface area contributed by atoms with Gasteiger partial charge in [-0.2, -0.15) is 13.2 Å². The fourth-order valence-electron chi connectivity index (χ4n) is 3.79. The monoisotopic (exact) mass is 412 g/mol. The molecule has 142 valence electrons. The molecular formula is C19H16ClF3N2OS. The maximum absolute atomic E-state index is 12.8. The van der Waals surface area contributed by atoms with Crippen LogP contribution in [0, 0.1) is 0 Å². The second-order valence-corrected chi connectivity index (χ2v) is 8.13. The van der Waals surface area contributed by atoms with Crippen LogP contribution in [0.25, 0.3) is 0 Å². The first-order chi connectivity index (χ1) is 12.8. The Bertz CT molecular complexity index is 889. The van der Waals surface area contributed by atoms with Crippen LogP contribution in [-0.2, 0) is 4.79 Å². The van der Waals surface area contributed by atoms with E-state index in [2.05, 4.69) is 10.2 Å². The minimum atomic E-state index is -4.90. The zero-order valence-corrected chi connectivity index (χ0v) is 15.7. The number of hydrogen-bond acceptors (Lipinski definition) is 3. The van der Waals surface area contributed by atoms with Gasteiger partial charge in [0.25, 0.3) is 0 Å². The molecule has 0 spiro atoms. The Hall–Kier alpha value is -1.86. The molecule has 0 unspecified atom stereocenters. The smallest absolute Gasteiger partial charge is 0.361 e. The van der Waals surface area contributed by atoms with Crippen molar-refractivity contribution in [2.24, 2.45) is 0 Å². The maximum atomic E-state index is 12.8. The molecule has 2 aliphatic heterocycles. The molecule has 3 nitrogen and oxygen atoms in total. The van der Waals surface area contributed by atoms with Crippen LogP contribution in [0.5, 0.6) is 0 Å². The van der Waals surface area contributed by atoms with E-state index in [0.29, 0.717) is 24.4 Å². The molecule has 1 amide bonds. The van der Waals surface area contributed by atoms with Crippen LogP contribution >= 0.6 is 23.4 Å². The number of anilines is 1. The highest BCUT2D eigenvalue weighted by molar-refractivity contribution is 7.99. The van der Waals surface area contributed by atoms with Crippen LogP contribution in [-0.4, -0.2) is 24.7 Å². The van der Waals surface area contributed by atoms with Crippen molar-refractivity contribution >= 4 is 35.0 Å². The highest BCUT2D eigenvalue weighted by Gasteiger charge is 2.44. The summed E-state index contributed by atoms with van der Waals surface area (Å²) >= 11 is 7.77. The van der Waals surface area contributed by atoms with Crippen molar-refractivity contribution in [3.63, 3.8) is 0 Å². The first-order valence-corrected chi connectivity index (χ1v) is 9.75. The van der Waals surface area contributed by atoms with Gasteiger partial charge in [-0.1, -0.05) is 41.6 Å². The number of carbonyl (C=O) groups excluding carboxylic acids is 1. The third kappa shape index (κ3) is 3.50. The molecule has 2 aromatic rings. The minimum Gasteiger partial charge on any atom is -0.361 e. The molecule has 4 rings (SSSR count). The summed E-state index contributed by atoms with van der Waals surface area (Å²) in [6.45, 7) is 0.686. The van der Waals surface area contributed by atoms with Crippen molar-refractivity contribution in [3.8, 4) is 0 Å². The summed E-state index contributed by atoms with van der Waals surface area (Å²) in [7, 11) is 0. The van der Waals surface area contributed by atoms with E-state index >= 15 is 0 Å². The van der Waals surface area contributed by atoms with Crippen LogP contribution in [0.15, 0.2) is 52.3 Å². The van der Waals surface area contributed by atoms with Gasteiger partial charge in [0, 0.05) is 21.4 Å². The van der Waals surface area contributed by atoms with E-state index < -0.39 is 18.1 Å². The van der Waals surface area contributed by atoms with E-state index in [9.17, 15) is 18.0 Å². The molecule has 2 atom stereocenters. The summed E-state index contributed by atoms with van der Waals surface area (Å²) in [6, 6.07) is 12.2. The molecule has 1 N–H and O–H groups in total. The molecule has 0 saturated carbocycles. The minimum absolute atomic E-state index is 0.381. The first kappa shape index (κ1) is 18.5. The molecule has 1 fully saturated rings. The van der Waals surface area contributed by atoms with E-state index in [1.54, 1.807) is 11.8 Å². The highest BCUT2D eigenvalue weighted by Crippen LogP contribution is 2.49. The number of fused-ring (bicyclic) bond motifs is 5. The molecule has 0 radical (unpaired) electrons. The first-order valence-electron chi connectivity index (χ1n) is 8.55. The summed E-state index contributed by atoms with van der Waals surface area (Å²) in [4.78, 5) is 15.7. The van der Waals surface area contributed by atoms with E-state index in [1.807, 2.05) is 42.5 Å². The lowest BCUT2D eigenvalue weighted by molar-refractivity contribution is -0.174. The van der Waals surface area contributed by atoms with E-state index in [1.165, 1.54) is 0 Å². The van der Waals surface area contributed by atoms with Gasteiger partial charge in [-0.3, -0.25) is 4.79 Å². The predicted molar refractivity (Wildman–Crippen MR) is 99.3 cm³/mol. The average Bonchev–Trinajstić information content (AvgIpc) is 2.76. The molecule has 0 bridgehead atoms. The molecular weight excluding hydrogens is 397 g/mol. The summed E-state index contributed by atoms with van der Waals surface area (Å²) in [5.41, 5.74) is 1.81. The van der Waals surface area contributed by atoms with Crippen LogP contribution < -0.4 is 10.2 Å². The fraction of sp³-hybridized carbons (Fsp3) is 0.316. The van der Waals surface area contributed by atoms with Gasteiger partial charge < -0.3 is 10.2 Å². The topological polar surface area (TPSA) is 32.3 Å². The summed E-state index contributed by atoms with van der Waals surface area (Å²) in [5.74, 6) is -1.89. The highest BCUT2D eigenvalue weighted by atomic mass is 35.5. The van der Waals surface area contributed by atoms with Gasteiger partial charge in [0.05, 0.1) is 17.8 Å². The zero-order valence-electron chi connectivity index (χ0n) is 14.1. The van der Waals surface area contributed by atoms with Gasteiger partial charge in [-0.15, -0.1) is 0 Å². The Morgan fingerprint density at radius 1 is 1.19 bits per heavy atom. The Morgan fingerprint density at radius 3 is 2.74 bits per heavy atom.